The summed E-state index contributed by atoms with van der Waals surface area (Å²) in [5.41, 5.74) is 2.65. The van der Waals surface area contributed by atoms with E-state index < -0.39 is 0 Å². The van der Waals surface area contributed by atoms with E-state index in [-0.39, 0.29) is 36.3 Å². The zero-order valence-electron chi connectivity index (χ0n) is 23.0. The number of benzene rings is 2. The third-order valence-corrected chi connectivity index (χ3v) is 6.57. The van der Waals surface area contributed by atoms with Crippen LogP contribution in [0.4, 0.5) is 0 Å². The van der Waals surface area contributed by atoms with Gasteiger partial charge in [-0.2, -0.15) is 0 Å². The predicted molar refractivity (Wildman–Crippen MR) is 163 cm³/mol. The van der Waals surface area contributed by atoms with Crippen molar-refractivity contribution in [2.45, 2.75) is 13.0 Å². The number of aromatic nitrogens is 2. The van der Waals surface area contributed by atoms with Crippen LogP contribution in [0.25, 0.3) is 10.9 Å². The maximum atomic E-state index is 12.9. The number of hydrogen-bond acceptors (Lipinski definition) is 6. The first-order valence-corrected chi connectivity index (χ1v) is 12.7. The fourth-order valence-electron chi connectivity index (χ4n) is 4.29. The number of ether oxygens (including phenoxy) is 2. The molecule has 40 heavy (non-hydrogen) atoms. The Morgan fingerprint density at radius 1 is 0.900 bits per heavy atom. The molecule has 0 atom stereocenters. The second-order valence-electron chi connectivity index (χ2n) is 9.24. The lowest BCUT2D eigenvalue weighted by Crippen LogP contribution is -2.37. The molecule has 0 fully saturated rings. The molecular formula is C30H36Cl2N4O4. The Balaban J connectivity index is 0.00000280. The summed E-state index contributed by atoms with van der Waals surface area (Å²) in [5.74, 6) is 1.49. The minimum atomic E-state index is -0.0307. The van der Waals surface area contributed by atoms with Crippen molar-refractivity contribution in [3.8, 4) is 11.5 Å². The van der Waals surface area contributed by atoms with Gasteiger partial charge >= 0.3 is 0 Å². The monoisotopic (exact) mass is 586 g/mol. The minimum absolute atomic E-state index is 0. The average molecular weight is 588 g/mol. The number of rotatable bonds is 12. The Morgan fingerprint density at radius 3 is 2.30 bits per heavy atom. The van der Waals surface area contributed by atoms with Crippen molar-refractivity contribution < 1.29 is 14.3 Å². The number of hydrogen-bond donors (Lipinski definition) is 0. The van der Waals surface area contributed by atoms with Crippen molar-refractivity contribution in [1.82, 2.24) is 19.4 Å². The molecule has 0 saturated carbocycles. The van der Waals surface area contributed by atoms with Gasteiger partial charge in [0.15, 0.2) is 0 Å². The number of halogens is 2. The van der Waals surface area contributed by atoms with E-state index >= 15 is 0 Å². The van der Waals surface area contributed by atoms with E-state index in [1.165, 1.54) is 5.56 Å². The van der Waals surface area contributed by atoms with Gasteiger partial charge in [0.1, 0.15) is 11.5 Å². The number of amides is 1. The molecule has 8 nitrogen and oxygen atoms in total. The number of likely N-dealkylation sites (N-methyl/N-ethyl adjacent to an activating group) is 1. The van der Waals surface area contributed by atoms with Gasteiger partial charge in [0, 0.05) is 69.7 Å². The summed E-state index contributed by atoms with van der Waals surface area (Å²) in [4.78, 5) is 32.9. The maximum Gasteiger partial charge on any atom is 0.253 e. The van der Waals surface area contributed by atoms with E-state index in [4.69, 9.17) is 9.47 Å². The second-order valence-corrected chi connectivity index (χ2v) is 9.24. The summed E-state index contributed by atoms with van der Waals surface area (Å²) in [6, 6.07) is 20.4. The molecule has 0 spiro atoms. The lowest BCUT2D eigenvalue weighted by molar-refractivity contribution is 0.0774. The molecule has 2 heterocycles. The smallest absolute Gasteiger partial charge is 0.253 e. The van der Waals surface area contributed by atoms with Crippen LogP contribution in [0.5, 0.6) is 11.5 Å². The summed E-state index contributed by atoms with van der Waals surface area (Å²) in [6.07, 6.45) is 4.42. The number of fused-ring (bicyclic) bond motifs is 1. The molecule has 0 radical (unpaired) electrons. The molecule has 214 valence electrons. The Morgan fingerprint density at radius 2 is 1.60 bits per heavy atom. The van der Waals surface area contributed by atoms with Gasteiger partial charge in [-0.3, -0.25) is 19.5 Å². The van der Waals surface area contributed by atoms with Crippen LogP contribution in [0.3, 0.4) is 0 Å². The fraction of sp³-hybridized carbons (Fsp3) is 0.300. The van der Waals surface area contributed by atoms with E-state index in [1.807, 2.05) is 43.4 Å². The fourth-order valence-corrected chi connectivity index (χ4v) is 4.29. The molecule has 0 N–H and O–H groups in total. The third kappa shape index (κ3) is 8.71. The zero-order valence-corrected chi connectivity index (χ0v) is 24.6. The van der Waals surface area contributed by atoms with Crippen LogP contribution in [-0.4, -0.2) is 65.7 Å². The molecule has 2 aromatic carbocycles. The summed E-state index contributed by atoms with van der Waals surface area (Å²) < 4.78 is 12.8. The molecule has 0 aliphatic carbocycles. The standard InChI is InChI=1S/C30H34N4O4.2ClH/c1-32(30(36)24-5-8-26(37-3)9-6-24)18-19-34(22-23-13-15-31-16-14-23)17-4-20-38-27-10-11-28-25(21-27)7-12-29(35)33(28)2;;/h5-16,21H,4,17-20,22H2,1-3H3;2*1H. The van der Waals surface area contributed by atoms with Gasteiger partial charge in [0.2, 0.25) is 0 Å². The quantitative estimate of drug-likeness (QED) is 0.221. The summed E-state index contributed by atoms with van der Waals surface area (Å²) in [6.45, 7) is 3.46. The van der Waals surface area contributed by atoms with E-state index in [2.05, 4.69) is 9.88 Å². The van der Waals surface area contributed by atoms with Gasteiger partial charge in [-0.25, -0.2) is 0 Å². The molecule has 0 saturated heterocycles. The van der Waals surface area contributed by atoms with Gasteiger partial charge in [-0.15, -0.1) is 24.8 Å². The Bertz CT molecular complexity index is 1420. The number of methoxy groups -OCH3 is 1. The SMILES string of the molecule is COc1ccc(C(=O)N(C)CCN(CCCOc2ccc3c(ccc(=O)n3C)c2)Cc2ccncc2)cc1.Cl.Cl. The topological polar surface area (TPSA) is 76.9 Å². The number of aryl methyl sites for hydroxylation is 1. The zero-order chi connectivity index (χ0) is 26.9. The molecular weight excluding hydrogens is 551 g/mol. The van der Waals surface area contributed by atoms with Crippen LogP contribution < -0.4 is 15.0 Å². The summed E-state index contributed by atoms with van der Waals surface area (Å²) >= 11 is 0. The van der Waals surface area contributed by atoms with Crippen LogP contribution in [-0.2, 0) is 13.6 Å². The van der Waals surface area contributed by atoms with Gasteiger partial charge in [-0.05, 0) is 72.6 Å². The van der Waals surface area contributed by atoms with Crippen molar-refractivity contribution in [3.63, 3.8) is 0 Å². The Labute approximate surface area is 247 Å². The predicted octanol–water partition coefficient (Wildman–Crippen LogP) is 4.83. The Kier molecular flexibility index (Phi) is 12.9. The first-order valence-electron chi connectivity index (χ1n) is 12.7. The summed E-state index contributed by atoms with van der Waals surface area (Å²) in [7, 11) is 5.21. The van der Waals surface area contributed by atoms with E-state index in [1.54, 1.807) is 66.4 Å². The molecule has 0 bridgehead atoms. The molecule has 0 aliphatic heterocycles. The number of carbonyl (C=O) groups is 1. The second kappa shape index (κ2) is 15.9. The van der Waals surface area contributed by atoms with Crippen LogP contribution in [0, 0.1) is 0 Å². The molecule has 1 amide bonds. The van der Waals surface area contributed by atoms with E-state index in [9.17, 15) is 9.59 Å². The minimum Gasteiger partial charge on any atom is -0.497 e. The van der Waals surface area contributed by atoms with Crippen molar-refractivity contribution in [2.24, 2.45) is 7.05 Å². The summed E-state index contributed by atoms with van der Waals surface area (Å²) in [5, 5.41) is 0.966. The number of nitrogens with zero attached hydrogens (tertiary/aromatic N) is 4. The maximum absolute atomic E-state index is 12.9. The highest BCUT2D eigenvalue weighted by Crippen LogP contribution is 2.19. The van der Waals surface area contributed by atoms with E-state index in [0.29, 0.717) is 18.7 Å². The normalized spacial score (nSPS) is 10.5. The highest BCUT2D eigenvalue weighted by Gasteiger charge is 2.14. The number of carbonyl (C=O) groups excluding carboxylic acids is 1. The molecule has 0 unspecified atom stereocenters. The molecule has 2 aromatic heterocycles. The van der Waals surface area contributed by atoms with Crippen LogP contribution in [0.15, 0.2) is 83.9 Å². The molecule has 4 rings (SSSR count). The van der Waals surface area contributed by atoms with Gasteiger partial charge in [0.25, 0.3) is 11.5 Å². The third-order valence-electron chi connectivity index (χ3n) is 6.57. The van der Waals surface area contributed by atoms with E-state index in [0.717, 1.165) is 48.5 Å². The Hall–Kier alpha value is -3.59. The largest absolute Gasteiger partial charge is 0.497 e. The lowest BCUT2D eigenvalue weighted by atomic mass is 10.2. The first-order chi connectivity index (χ1) is 18.4. The molecule has 0 aliphatic rings. The lowest BCUT2D eigenvalue weighted by Gasteiger charge is -2.26. The number of pyridine rings is 2. The van der Waals surface area contributed by atoms with Crippen LogP contribution >= 0.6 is 24.8 Å². The van der Waals surface area contributed by atoms with Gasteiger partial charge < -0.3 is 18.9 Å². The average Bonchev–Trinajstić information content (AvgIpc) is 2.95. The van der Waals surface area contributed by atoms with Crippen molar-refractivity contribution in [2.75, 3.05) is 40.4 Å². The van der Waals surface area contributed by atoms with Crippen molar-refractivity contribution in [1.29, 1.82) is 0 Å². The van der Waals surface area contributed by atoms with Crippen LogP contribution in [0.2, 0.25) is 0 Å². The molecule has 4 aromatic rings. The highest BCUT2D eigenvalue weighted by molar-refractivity contribution is 5.94. The van der Waals surface area contributed by atoms with Gasteiger partial charge in [-0.1, -0.05) is 0 Å². The van der Waals surface area contributed by atoms with Gasteiger partial charge in [0.05, 0.1) is 19.2 Å². The molecule has 10 heteroatoms. The van der Waals surface area contributed by atoms with Crippen molar-refractivity contribution in [3.05, 3.63) is 101 Å². The first kappa shape index (κ1) is 32.6. The van der Waals surface area contributed by atoms with Crippen LogP contribution in [0.1, 0.15) is 22.3 Å². The van der Waals surface area contributed by atoms with Crippen molar-refractivity contribution >= 4 is 41.6 Å². The highest BCUT2D eigenvalue weighted by atomic mass is 35.5.